The quantitative estimate of drug-likeness (QED) is 0.738. The largest absolute Gasteiger partial charge is 0.469 e. The Labute approximate surface area is 96.0 Å². The number of hydrogen-bond acceptors (Lipinski definition) is 4. The van der Waals surface area contributed by atoms with Crippen LogP contribution < -0.4 is 10.1 Å². The predicted molar refractivity (Wildman–Crippen MR) is 61.5 cm³/mol. The van der Waals surface area contributed by atoms with E-state index in [1.165, 1.54) is 0 Å². The van der Waals surface area contributed by atoms with Gasteiger partial charge >= 0.3 is 0 Å². The summed E-state index contributed by atoms with van der Waals surface area (Å²) in [4.78, 5) is 4.26. The first-order valence-electron chi connectivity index (χ1n) is 5.79. The number of ether oxygens (including phenoxy) is 2. The van der Waals surface area contributed by atoms with Crippen molar-refractivity contribution in [3.8, 4) is 5.88 Å². The number of nitrogens with one attached hydrogen (secondary N) is 1. The number of pyridine rings is 1. The molecule has 0 unspecified atom stereocenters. The summed E-state index contributed by atoms with van der Waals surface area (Å²) in [6.45, 7) is 5.33. The van der Waals surface area contributed by atoms with Crippen LogP contribution in [-0.2, 0) is 11.3 Å². The van der Waals surface area contributed by atoms with Crippen LogP contribution >= 0.6 is 0 Å². The molecule has 0 radical (unpaired) electrons. The molecule has 0 aliphatic carbocycles. The molecule has 1 aliphatic heterocycles. The first kappa shape index (κ1) is 11.4. The molecule has 1 aromatic rings. The Morgan fingerprint density at radius 2 is 2.44 bits per heavy atom. The van der Waals surface area contributed by atoms with Gasteiger partial charge in [0.25, 0.3) is 0 Å². The Morgan fingerprint density at radius 3 is 3.12 bits per heavy atom. The second-order valence-corrected chi connectivity index (χ2v) is 3.92. The summed E-state index contributed by atoms with van der Waals surface area (Å²) in [6, 6.07) is 3.98. The molecule has 0 bridgehead atoms. The minimum Gasteiger partial charge on any atom is -0.469 e. The summed E-state index contributed by atoms with van der Waals surface area (Å²) in [6.07, 6.45) is 3.07. The molecule has 2 rings (SSSR count). The van der Waals surface area contributed by atoms with E-state index in [1.54, 1.807) is 6.20 Å². The van der Waals surface area contributed by atoms with Crippen molar-refractivity contribution in [3.05, 3.63) is 23.9 Å². The Kier molecular flexibility index (Phi) is 4.13. The van der Waals surface area contributed by atoms with E-state index in [0.717, 1.165) is 31.0 Å². The average molecular weight is 222 g/mol. The van der Waals surface area contributed by atoms with Gasteiger partial charge in [-0.1, -0.05) is 13.0 Å². The fourth-order valence-electron chi connectivity index (χ4n) is 1.50. The summed E-state index contributed by atoms with van der Waals surface area (Å²) in [7, 11) is 0. The highest BCUT2D eigenvalue weighted by Crippen LogP contribution is 2.18. The zero-order valence-corrected chi connectivity index (χ0v) is 9.61. The van der Waals surface area contributed by atoms with Crippen LogP contribution in [0.15, 0.2) is 18.3 Å². The Morgan fingerprint density at radius 1 is 1.56 bits per heavy atom. The maximum absolute atomic E-state index is 5.74. The van der Waals surface area contributed by atoms with Crippen molar-refractivity contribution in [2.45, 2.75) is 26.0 Å². The first-order chi connectivity index (χ1) is 7.90. The Hall–Kier alpha value is -1.13. The second kappa shape index (κ2) is 5.82. The molecule has 1 aliphatic rings. The molecule has 0 atom stereocenters. The Bertz CT molecular complexity index is 327. The number of nitrogens with zero attached hydrogens (tertiary/aromatic N) is 1. The van der Waals surface area contributed by atoms with Crippen molar-refractivity contribution in [3.63, 3.8) is 0 Å². The van der Waals surface area contributed by atoms with Crippen LogP contribution in [0.2, 0.25) is 0 Å². The summed E-state index contributed by atoms with van der Waals surface area (Å²) >= 11 is 0. The van der Waals surface area contributed by atoms with Gasteiger partial charge in [-0.15, -0.1) is 0 Å². The topological polar surface area (TPSA) is 43.4 Å². The van der Waals surface area contributed by atoms with Gasteiger partial charge in [0.05, 0.1) is 13.2 Å². The molecule has 4 nitrogen and oxygen atoms in total. The highest BCUT2D eigenvalue weighted by molar-refractivity contribution is 5.25. The number of aromatic nitrogens is 1. The molecule has 0 saturated carbocycles. The van der Waals surface area contributed by atoms with Crippen molar-refractivity contribution >= 4 is 0 Å². The van der Waals surface area contributed by atoms with Crippen molar-refractivity contribution < 1.29 is 9.47 Å². The van der Waals surface area contributed by atoms with Crippen molar-refractivity contribution in [1.82, 2.24) is 10.3 Å². The molecular formula is C12H18N2O2. The van der Waals surface area contributed by atoms with Gasteiger partial charge in [0, 0.05) is 18.3 Å². The highest BCUT2D eigenvalue weighted by atomic mass is 16.6. The molecule has 1 N–H and O–H groups in total. The standard InChI is InChI=1S/C12H18N2O2/c1-2-5-13-7-10-4-3-6-14-12(10)16-11-8-15-9-11/h3-4,6,11,13H,2,5,7-9H2,1H3. The van der Waals surface area contributed by atoms with Gasteiger partial charge in [-0.25, -0.2) is 4.98 Å². The summed E-state index contributed by atoms with van der Waals surface area (Å²) in [5, 5.41) is 3.35. The van der Waals surface area contributed by atoms with Crippen molar-refractivity contribution in [2.75, 3.05) is 19.8 Å². The normalized spacial score (nSPS) is 15.8. The fraction of sp³-hybridized carbons (Fsp3) is 0.583. The molecule has 16 heavy (non-hydrogen) atoms. The third-order valence-electron chi connectivity index (χ3n) is 2.48. The predicted octanol–water partition coefficient (Wildman–Crippen LogP) is 1.36. The minimum atomic E-state index is 0.180. The lowest BCUT2D eigenvalue weighted by Gasteiger charge is -2.27. The second-order valence-electron chi connectivity index (χ2n) is 3.92. The van der Waals surface area contributed by atoms with Crippen LogP contribution in [0.25, 0.3) is 0 Å². The summed E-state index contributed by atoms with van der Waals surface area (Å²) in [5.74, 6) is 0.736. The van der Waals surface area contributed by atoms with Gasteiger partial charge < -0.3 is 14.8 Å². The fourth-order valence-corrected chi connectivity index (χ4v) is 1.50. The van der Waals surface area contributed by atoms with Crippen LogP contribution in [0.1, 0.15) is 18.9 Å². The van der Waals surface area contributed by atoms with Gasteiger partial charge in [0.15, 0.2) is 0 Å². The molecule has 0 amide bonds. The number of rotatable bonds is 6. The lowest BCUT2D eigenvalue weighted by atomic mass is 10.2. The lowest BCUT2D eigenvalue weighted by molar-refractivity contribution is -0.0817. The van der Waals surface area contributed by atoms with E-state index in [1.807, 2.05) is 12.1 Å². The first-order valence-corrected chi connectivity index (χ1v) is 5.79. The van der Waals surface area contributed by atoms with Crippen molar-refractivity contribution in [2.24, 2.45) is 0 Å². The summed E-state index contributed by atoms with van der Waals surface area (Å²) < 4.78 is 10.8. The zero-order valence-electron chi connectivity index (χ0n) is 9.61. The van der Waals surface area contributed by atoms with Gasteiger partial charge in [-0.05, 0) is 19.0 Å². The molecule has 0 aromatic carbocycles. The van der Waals surface area contributed by atoms with Crippen LogP contribution in [0, 0.1) is 0 Å². The zero-order chi connectivity index (χ0) is 11.2. The van der Waals surface area contributed by atoms with Crippen LogP contribution in [0.4, 0.5) is 0 Å². The maximum atomic E-state index is 5.74. The van der Waals surface area contributed by atoms with E-state index in [9.17, 15) is 0 Å². The van der Waals surface area contributed by atoms with Gasteiger partial charge in [0.2, 0.25) is 5.88 Å². The van der Waals surface area contributed by atoms with Crippen LogP contribution in [-0.4, -0.2) is 30.8 Å². The molecule has 2 heterocycles. The third-order valence-corrected chi connectivity index (χ3v) is 2.48. The molecule has 4 heteroatoms. The van der Waals surface area contributed by atoms with E-state index in [4.69, 9.17) is 9.47 Å². The van der Waals surface area contributed by atoms with Gasteiger partial charge in [-0.3, -0.25) is 0 Å². The van der Waals surface area contributed by atoms with E-state index in [-0.39, 0.29) is 6.10 Å². The summed E-state index contributed by atoms with van der Waals surface area (Å²) in [5.41, 5.74) is 1.11. The molecular weight excluding hydrogens is 204 g/mol. The van der Waals surface area contributed by atoms with Crippen molar-refractivity contribution in [1.29, 1.82) is 0 Å². The third kappa shape index (κ3) is 2.93. The SMILES string of the molecule is CCCNCc1cccnc1OC1COC1. The van der Waals surface area contributed by atoms with Gasteiger partial charge in [0.1, 0.15) is 6.10 Å². The van der Waals surface area contributed by atoms with E-state index in [0.29, 0.717) is 13.2 Å². The molecule has 0 spiro atoms. The maximum Gasteiger partial charge on any atom is 0.218 e. The highest BCUT2D eigenvalue weighted by Gasteiger charge is 2.21. The van der Waals surface area contributed by atoms with Crippen LogP contribution in [0.3, 0.4) is 0 Å². The van der Waals surface area contributed by atoms with Crippen LogP contribution in [0.5, 0.6) is 5.88 Å². The molecule has 88 valence electrons. The smallest absolute Gasteiger partial charge is 0.218 e. The van der Waals surface area contributed by atoms with E-state index < -0.39 is 0 Å². The molecule has 1 aromatic heterocycles. The monoisotopic (exact) mass is 222 g/mol. The number of hydrogen-bond donors (Lipinski definition) is 1. The van der Waals surface area contributed by atoms with Gasteiger partial charge in [-0.2, -0.15) is 0 Å². The minimum absolute atomic E-state index is 0.180. The molecule has 1 fully saturated rings. The van der Waals surface area contributed by atoms with E-state index in [2.05, 4.69) is 17.2 Å². The average Bonchev–Trinajstić information content (AvgIpc) is 2.25. The molecule has 1 saturated heterocycles. The Balaban J connectivity index is 1.92. The lowest BCUT2D eigenvalue weighted by Crippen LogP contribution is -2.39. The van der Waals surface area contributed by atoms with E-state index >= 15 is 0 Å².